The van der Waals surface area contributed by atoms with E-state index in [1.807, 2.05) is 6.92 Å². The number of rotatable bonds is 5. The molecule has 0 saturated carbocycles. The van der Waals surface area contributed by atoms with Gasteiger partial charge in [-0.15, -0.1) is 0 Å². The number of piperazine rings is 1. The molecule has 1 saturated heterocycles. The van der Waals surface area contributed by atoms with Crippen molar-refractivity contribution in [1.29, 1.82) is 0 Å². The lowest BCUT2D eigenvalue weighted by atomic mass is 10.1. The number of aromatic hydroxyl groups is 3. The molecule has 1 aliphatic heterocycles. The summed E-state index contributed by atoms with van der Waals surface area (Å²) in [6, 6.07) is 8.28. The molecule has 2 aromatic rings. The Kier molecular flexibility index (Phi) is 5.85. The van der Waals surface area contributed by atoms with Crippen LogP contribution in [-0.2, 0) is 10.0 Å². The van der Waals surface area contributed by atoms with Crippen LogP contribution in [0.4, 0.5) is 0 Å². The van der Waals surface area contributed by atoms with Crippen molar-refractivity contribution in [3.05, 3.63) is 42.0 Å². The molecule has 156 valence electrons. The van der Waals surface area contributed by atoms with Crippen molar-refractivity contribution in [3.8, 4) is 23.0 Å². The Bertz CT molecular complexity index is 975. The van der Waals surface area contributed by atoms with Gasteiger partial charge in [-0.3, -0.25) is 4.79 Å². The van der Waals surface area contributed by atoms with Crippen LogP contribution in [-0.4, -0.2) is 71.6 Å². The molecule has 2 aromatic carbocycles. The fourth-order valence-corrected chi connectivity index (χ4v) is 4.49. The van der Waals surface area contributed by atoms with E-state index in [0.717, 1.165) is 12.1 Å². The summed E-state index contributed by atoms with van der Waals surface area (Å²) in [5, 5.41) is 28.6. The molecule has 0 atom stereocenters. The predicted octanol–water partition coefficient (Wildman–Crippen LogP) is 1.35. The molecule has 1 amide bonds. The highest BCUT2D eigenvalue weighted by Crippen LogP contribution is 2.35. The van der Waals surface area contributed by atoms with E-state index in [0.29, 0.717) is 12.4 Å². The van der Waals surface area contributed by atoms with Gasteiger partial charge in [0.25, 0.3) is 5.91 Å². The normalized spacial score (nSPS) is 15.3. The lowest BCUT2D eigenvalue weighted by Crippen LogP contribution is -2.50. The van der Waals surface area contributed by atoms with Crippen molar-refractivity contribution in [2.75, 3.05) is 32.8 Å². The van der Waals surface area contributed by atoms with Crippen LogP contribution in [0.5, 0.6) is 23.0 Å². The number of amides is 1. The van der Waals surface area contributed by atoms with E-state index >= 15 is 0 Å². The minimum atomic E-state index is -3.70. The van der Waals surface area contributed by atoms with Gasteiger partial charge < -0.3 is 25.0 Å². The van der Waals surface area contributed by atoms with Crippen molar-refractivity contribution in [3.63, 3.8) is 0 Å². The van der Waals surface area contributed by atoms with Gasteiger partial charge in [-0.2, -0.15) is 4.31 Å². The number of ether oxygens (including phenoxy) is 1. The fourth-order valence-electron chi connectivity index (χ4n) is 3.07. The van der Waals surface area contributed by atoms with Crippen molar-refractivity contribution in [2.24, 2.45) is 0 Å². The second kappa shape index (κ2) is 8.18. The molecular formula is C19H22N2O7S. The molecular weight excluding hydrogens is 400 g/mol. The maximum Gasteiger partial charge on any atom is 0.254 e. The summed E-state index contributed by atoms with van der Waals surface area (Å²) >= 11 is 0. The minimum absolute atomic E-state index is 0.000574. The monoisotopic (exact) mass is 422 g/mol. The van der Waals surface area contributed by atoms with E-state index < -0.39 is 33.2 Å². The van der Waals surface area contributed by atoms with Crippen LogP contribution in [0.15, 0.2) is 41.3 Å². The highest BCUT2D eigenvalue weighted by atomic mass is 32.2. The standard InChI is InChI=1S/C19H22N2O7S/c1-2-28-14-3-5-15(6-4-14)29(26,27)21-9-7-20(8-10-21)19(25)13-11-16(22)18(24)17(23)12-13/h3-6,11-12,22-24H,2,7-10H2,1H3. The van der Waals surface area contributed by atoms with Crippen molar-refractivity contribution >= 4 is 15.9 Å². The number of sulfonamides is 1. The van der Waals surface area contributed by atoms with E-state index in [4.69, 9.17) is 4.74 Å². The molecule has 1 fully saturated rings. The first kappa shape index (κ1) is 20.7. The van der Waals surface area contributed by atoms with Gasteiger partial charge in [-0.1, -0.05) is 0 Å². The first-order chi connectivity index (χ1) is 13.7. The number of carbonyl (C=O) groups is 1. The van der Waals surface area contributed by atoms with Gasteiger partial charge in [0, 0.05) is 31.7 Å². The third-order valence-corrected chi connectivity index (χ3v) is 6.53. The Morgan fingerprint density at radius 2 is 1.55 bits per heavy atom. The number of hydrogen-bond donors (Lipinski definition) is 3. The van der Waals surface area contributed by atoms with E-state index in [2.05, 4.69) is 0 Å². The molecule has 0 unspecified atom stereocenters. The zero-order valence-corrected chi connectivity index (χ0v) is 16.6. The Balaban J connectivity index is 1.68. The largest absolute Gasteiger partial charge is 0.504 e. The van der Waals surface area contributed by atoms with Gasteiger partial charge in [-0.25, -0.2) is 8.42 Å². The average Bonchev–Trinajstić information content (AvgIpc) is 2.72. The maximum absolute atomic E-state index is 12.8. The lowest BCUT2D eigenvalue weighted by molar-refractivity contribution is 0.0697. The molecule has 3 rings (SSSR count). The molecule has 9 nitrogen and oxygen atoms in total. The van der Waals surface area contributed by atoms with Crippen molar-refractivity contribution < 1.29 is 33.3 Å². The number of hydrogen-bond acceptors (Lipinski definition) is 7. The summed E-state index contributed by atoms with van der Waals surface area (Å²) in [5.74, 6) is -1.81. The average molecular weight is 422 g/mol. The topological polar surface area (TPSA) is 128 Å². The minimum Gasteiger partial charge on any atom is -0.504 e. The molecule has 3 N–H and O–H groups in total. The zero-order valence-electron chi connectivity index (χ0n) is 15.8. The van der Waals surface area contributed by atoms with Gasteiger partial charge in [0.15, 0.2) is 17.2 Å². The van der Waals surface area contributed by atoms with Gasteiger partial charge in [0.1, 0.15) is 5.75 Å². The van der Waals surface area contributed by atoms with Crippen LogP contribution >= 0.6 is 0 Å². The smallest absolute Gasteiger partial charge is 0.254 e. The predicted molar refractivity (Wildman–Crippen MR) is 104 cm³/mol. The molecule has 0 spiro atoms. The number of benzene rings is 2. The number of phenols is 3. The third kappa shape index (κ3) is 4.22. The highest BCUT2D eigenvalue weighted by molar-refractivity contribution is 7.89. The second-order valence-corrected chi connectivity index (χ2v) is 8.40. The van der Waals surface area contributed by atoms with Crippen LogP contribution in [0.2, 0.25) is 0 Å². The van der Waals surface area contributed by atoms with E-state index in [9.17, 15) is 28.5 Å². The molecule has 0 aliphatic carbocycles. The Hall–Kier alpha value is -2.98. The first-order valence-electron chi connectivity index (χ1n) is 9.01. The molecule has 0 bridgehead atoms. The van der Waals surface area contributed by atoms with Crippen LogP contribution < -0.4 is 4.74 Å². The van der Waals surface area contributed by atoms with E-state index in [1.54, 1.807) is 12.1 Å². The molecule has 1 aliphatic rings. The summed E-state index contributed by atoms with van der Waals surface area (Å²) in [5.41, 5.74) is 0.000574. The molecule has 1 heterocycles. The van der Waals surface area contributed by atoms with E-state index in [-0.39, 0.29) is 36.6 Å². The lowest BCUT2D eigenvalue weighted by Gasteiger charge is -2.34. The summed E-state index contributed by atoms with van der Waals surface area (Å²) in [4.78, 5) is 14.2. The summed E-state index contributed by atoms with van der Waals surface area (Å²) in [6.07, 6.45) is 0. The first-order valence-corrected chi connectivity index (χ1v) is 10.4. The summed E-state index contributed by atoms with van der Waals surface area (Å²) < 4.78 is 32.3. The highest BCUT2D eigenvalue weighted by Gasteiger charge is 2.31. The zero-order chi connectivity index (χ0) is 21.2. The third-order valence-electron chi connectivity index (χ3n) is 4.61. The molecule has 0 radical (unpaired) electrons. The molecule has 29 heavy (non-hydrogen) atoms. The van der Waals surface area contributed by atoms with Gasteiger partial charge in [0.05, 0.1) is 11.5 Å². The van der Waals surface area contributed by atoms with E-state index in [1.165, 1.54) is 21.3 Å². The van der Waals surface area contributed by atoms with Gasteiger partial charge >= 0.3 is 0 Å². The van der Waals surface area contributed by atoms with Crippen LogP contribution in [0.25, 0.3) is 0 Å². The maximum atomic E-state index is 12.8. The summed E-state index contributed by atoms with van der Waals surface area (Å²) in [6.45, 7) is 2.84. The van der Waals surface area contributed by atoms with Crippen LogP contribution in [0, 0.1) is 0 Å². The Morgan fingerprint density at radius 3 is 2.07 bits per heavy atom. The number of nitrogens with zero attached hydrogens (tertiary/aromatic N) is 2. The van der Waals surface area contributed by atoms with Crippen LogP contribution in [0.3, 0.4) is 0 Å². The van der Waals surface area contributed by atoms with Crippen LogP contribution in [0.1, 0.15) is 17.3 Å². The molecule has 0 aromatic heterocycles. The van der Waals surface area contributed by atoms with Crippen molar-refractivity contribution in [2.45, 2.75) is 11.8 Å². The van der Waals surface area contributed by atoms with Gasteiger partial charge in [-0.05, 0) is 43.3 Å². The van der Waals surface area contributed by atoms with Gasteiger partial charge in [0.2, 0.25) is 10.0 Å². The fraction of sp³-hybridized carbons (Fsp3) is 0.316. The number of carbonyl (C=O) groups excluding carboxylic acids is 1. The number of phenolic OH excluding ortho intramolecular Hbond substituents is 3. The summed E-state index contributed by atoms with van der Waals surface area (Å²) in [7, 11) is -3.70. The second-order valence-electron chi connectivity index (χ2n) is 6.46. The van der Waals surface area contributed by atoms with Crippen molar-refractivity contribution in [1.82, 2.24) is 9.21 Å². The Labute approximate surface area is 168 Å². The quantitative estimate of drug-likeness (QED) is 0.621. The molecule has 10 heteroatoms. The SMILES string of the molecule is CCOc1ccc(S(=O)(=O)N2CCN(C(=O)c3cc(O)c(O)c(O)c3)CC2)cc1. The Morgan fingerprint density at radius 1 is 1.00 bits per heavy atom.